The van der Waals surface area contributed by atoms with Crippen LogP contribution in [-0.4, -0.2) is 49.4 Å². The minimum absolute atomic E-state index is 0.0317. The topological polar surface area (TPSA) is 121 Å². The number of aliphatic hydroxyl groups excluding tert-OH is 1. The lowest BCUT2D eigenvalue weighted by Gasteiger charge is -2.24. The summed E-state index contributed by atoms with van der Waals surface area (Å²) in [5, 5.41) is 15.3. The first-order chi connectivity index (χ1) is 17.7. The molecule has 10 heteroatoms. The number of methoxy groups -OCH3 is 3. The Morgan fingerprint density at radius 1 is 1.00 bits per heavy atom. The molecule has 0 bridgehead atoms. The van der Waals surface area contributed by atoms with Gasteiger partial charge in [-0.3, -0.25) is 14.5 Å². The number of rotatable bonds is 8. The van der Waals surface area contributed by atoms with Gasteiger partial charge in [-0.05, 0) is 62.7 Å². The van der Waals surface area contributed by atoms with Crippen molar-refractivity contribution in [3.8, 4) is 23.0 Å². The fourth-order valence-corrected chi connectivity index (χ4v) is 4.23. The van der Waals surface area contributed by atoms with Crippen LogP contribution >= 0.6 is 0 Å². The molecule has 0 spiro atoms. The van der Waals surface area contributed by atoms with Crippen molar-refractivity contribution in [3.63, 3.8) is 0 Å². The summed E-state index contributed by atoms with van der Waals surface area (Å²) >= 11 is 0. The van der Waals surface area contributed by atoms with Crippen molar-refractivity contribution < 1.29 is 38.2 Å². The number of aryl methyl sites for hydroxylation is 1. The number of hydrogen-bond donors (Lipinski definition) is 1. The van der Waals surface area contributed by atoms with Gasteiger partial charge in [-0.1, -0.05) is 5.16 Å². The van der Waals surface area contributed by atoms with Crippen LogP contribution < -0.4 is 23.8 Å². The third-order valence-electron chi connectivity index (χ3n) is 5.81. The average Bonchev–Trinajstić information content (AvgIpc) is 3.42. The van der Waals surface area contributed by atoms with Crippen LogP contribution in [-0.2, 0) is 9.59 Å². The van der Waals surface area contributed by atoms with Crippen molar-refractivity contribution in [3.05, 3.63) is 64.9 Å². The van der Waals surface area contributed by atoms with E-state index in [4.69, 9.17) is 23.5 Å². The zero-order valence-corrected chi connectivity index (χ0v) is 21.4. The summed E-state index contributed by atoms with van der Waals surface area (Å²) < 4.78 is 27.2. The number of hydrogen-bond acceptors (Lipinski definition) is 9. The van der Waals surface area contributed by atoms with Gasteiger partial charge in [0.1, 0.15) is 17.3 Å². The fourth-order valence-electron chi connectivity index (χ4n) is 4.23. The lowest BCUT2D eigenvalue weighted by molar-refractivity contribution is -0.132. The second kappa shape index (κ2) is 10.3. The number of nitrogens with zero attached hydrogens (tertiary/aromatic N) is 2. The first kappa shape index (κ1) is 25.6. The van der Waals surface area contributed by atoms with Crippen molar-refractivity contribution in [2.75, 3.05) is 26.2 Å². The van der Waals surface area contributed by atoms with Gasteiger partial charge in [0.15, 0.2) is 17.3 Å². The summed E-state index contributed by atoms with van der Waals surface area (Å²) in [5.74, 6) is 0.0425. The molecule has 2 heterocycles. The van der Waals surface area contributed by atoms with Gasteiger partial charge in [0.2, 0.25) is 5.75 Å². The van der Waals surface area contributed by atoms with E-state index in [1.807, 2.05) is 13.8 Å². The molecular formula is C27H28N2O8. The minimum atomic E-state index is -1.07. The highest BCUT2D eigenvalue weighted by Crippen LogP contribution is 2.47. The summed E-state index contributed by atoms with van der Waals surface area (Å²) in [5.41, 5.74) is 0.635. The molecule has 0 saturated carbocycles. The van der Waals surface area contributed by atoms with E-state index in [2.05, 4.69) is 5.16 Å². The summed E-state index contributed by atoms with van der Waals surface area (Å²) in [6.07, 6.45) is -0.0317. The van der Waals surface area contributed by atoms with Gasteiger partial charge in [-0.25, -0.2) is 0 Å². The molecule has 37 heavy (non-hydrogen) atoms. The van der Waals surface area contributed by atoms with Crippen molar-refractivity contribution >= 4 is 23.3 Å². The van der Waals surface area contributed by atoms with Crippen molar-refractivity contribution in [2.45, 2.75) is 32.9 Å². The third-order valence-corrected chi connectivity index (χ3v) is 5.81. The van der Waals surface area contributed by atoms with Crippen LogP contribution in [0.1, 0.15) is 36.8 Å². The summed E-state index contributed by atoms with van der Waals surface area (Å²) in [4.78, 5) is 27.8. The lowest BCUT2D eigenvalue weighted by atomic mass is 9.94. The monoisotopic (exact) mass is 508 g/mol. The number of anilines is 1. The quantitative estimate of drug-likeness (QED) is 0.268. The molecule has 2 aromatic carbocycles. The summed E-state index contributed by atoms with van der Waals surface area (Å²) in [6, 6.07) is 10.3. The Bertz CT molecular complexity index is 1330. The SMILES string of the molecule is COc1cc([C@@H]2/C(=C(\O)c3ccc(OC(C)C)cc3)C(=O)C(=O)N2c2cc(C)on2)cc(OC)c1OC. The predicted molar refractivity (Wildman–Crippen MR) is 134 cm³/mol. The van der Waals surface area contributed by atoms with Crippen LogP contribution in [0.3, 0.4) is 0 Å². The van der Waals surface area contributed by atoms with Crippen molar-refractivity contribution in [1.82, 2.24) is 5.16 Å². The first-order valence-corrected chi connectivity index (χ1v) is 11.5. The minimum Gasteiger partial charge on any atom is -0.507 e. The number of amides is 1. The van der Waals surface area contributed by atoms with Crippen LogP contribution in [0.25, 0.3) is 5.76 Å². The molecule has 1 saturated heterocycles. The standard InChI is InChI=1S/C27H28N2O8/c1-14(2)36-18-9-7-16(8-10-18)24(30)22-23(17-12-19(33-4)26(35-6)20(13-17)34-5)29(27(32)25(22)31)21-11-15(3)37-28-21/h7-14,23,30H,1-6H3/b24-22+/t23-/m1/s1. The van der Waals surface area contributed by atoms with E-state index in [0.29, 0.717) is 39.9 Å². The smallest absolute Gasteiger partial charge is 0.301 e. The number of ketones is 1. The molecule has 3 aromatic rings. The molecule has 194 valence electrons. The molecule has 1 aliphatic heterocycles. The average molecular weight is 509 g/mol. The molecule has 10 nitrogen and oxygen atoms in total. The Morgan fingerprint density at radius 2 is 1.62 bits per heavy atom. The normalized spacial score (nSPS) is 16.8. The number of ether oxygens (including phenoxy) is 4. The predicted octanol–water partition coefficient (Wildman–Crippen LogP) is 4.42. The van der Waals surface area contributed by atoms with Crippen molar-refractivity contribution in [1.29, 1.82) is 0 Å². The van der Waals surface area contributed by atoms with E-state index in [-0.39, 0.29) is 23.3 Å². The Kier molecular flexibility index (Phi) is 7.10. The molecular weight excluding hydrogens is 480 g/mol. The fraction of sp³-hybridized carbons (Fsp3) is 0.296. The van der Waals surface area contributed by atoms with Gasteiger partial charge in [-0.2, -0.15) is 0 Å². The van der Waals surface area contributed by atoms with Crippen LogP contribution in [0, 0.1) is 6.92 Å². The Morgan fingerprint density at radius 3 is 2.11 bits per heavy atom. The Hall–Kier alpha value is -4.47. The molecule has 0 radical (unpaired) electrons. The Balaban J connectivity index is 1.94. The van der Waals surface area contributed by atoms with Gasteiger partial charge in [-0.15, -0.1) is 0 Å². The maximum absolute atomic E-state index is 13.4. The molecule has 4 rings (SSSR count). The van der Waals surface area contributed by atoms with Crippen LogP contribution in [0.5, 0.6) is 23.0 Å². The van der Waals surface area contributed by atoms with E-state index in [0.717, 1.165) is 0 Å². The number of Topliss-reactive ketones (excluding diaryl/α,β-unsaturated/α-hetero) is 1. The highest BCUT2D eigenvalue weighted by Gasteiger charge is 2.48. The second-order valence-electron chi connectivity index (χ2n) is 8.61. The van der Waals surface area contributed by atoms with Gasteiger partial charge >= 0.3 is 5.91 Å². The molecule has 0 aliphatic carbocycles. The van der Waals surface area contributed by atoms with Crippen LogP contribution in [0.4, 0.5) is 5.82 Å². The van der Waals surface area contributed by atoms with E-state index in [9.17, 15) is 14.7 Å². The lowest BCUT2D eigenvalue weighted by Crippen LogP contribution is -2.29. The van der Waals surface area contributed by atoms with Gasteiger partial charge in [0.25, 0.3) is 5.78 Å². The maximum atomic E-state index is 13.4. The van der Waals surface area contributed by atoms with Crippen LogP contribution in [0.15, 0.2) is 52.6 Å². The van der Waals surface area contributed by atoms with Crippen LogP contribution in [0.2, 0.25) is 0 Å². The second-order valence-corrected chi connectivity index (χ2v) is 8.61. The molecule has 1 N–H and O–H groups in total. The van der Waals surface area contributed by atoms with Gasteiger partial charge in [0.05, 0.1) is 39.0 Å². The van der Waals surface area contributed by atoms with Gasteiger partial charge < -0.3 is 28.6 Å². The molecule has 0 unspecified atom stereocenters. The number of carbonyl (C=O) groups excluding carboxylic acids is 2. The third kappa shape index (κ3) is 4.69. The summed E-state index contributed by atoms with van der Waals surface area (Å²) in [7, 11) is 4.39. The highest BCUT2D eigenvalue weighted by atomic mass is 16.5. The number of benzene rings is 2. The maximum Gasteiger partial charge on any atom is 0.301 e. The highest BCUT2D eigenvalue weighted by molar-refractivity contribution is 6.51. The largest absolute Gasteiger partial charge is 0.507 e. The molecule has 1 amide bonds. The summed E-state index contributed by atoms with van der Waals surface area (Å²) in [6.45, 7) is 5.47. The van der Waals surface area contributed by atoms with E-state index in [1.165, 1.54) is 32.3 Å². The van der Waals surface area contributed by atoms with E-state index in [1.54, 1.807) is 43.3 Å². The van der Waals surface area contributed by atoms with E-state index >= 15 is 0 Å². The number of carbonyl (C=O) groups is 2. The number of aliphatic hydroxyl groups is 1. The number of aromatic nitrogens is 1. The molecule has 1 aliphatic rings. The zero-order valence-electron chi connectivity index (χ0n) is 21.4. The molecule has 1 fully saturated rings. The Labute approximate surface area is 214 Å². The molecule has 1 aromatic heterocycles. The first-order valence-electron chi connectivity index (χ1n) is 11.5. The zero-order chi connectivity index (χ0) is 26.9. The van der Waals surface area contributed by atoms with Crippen molar-refractivity contribution in [2.24, 2.45) is 0 Å². The van der Waals surface area contributed by atoms with E-state index < -0.39 is 17.7 Å². The molecule has 1 atom stereocenters. The van der Waals surface area contributed by atoms with Gasteiger partial charge in [0, 0.05) is 11.6 Å².